The number of hydrogen-bond acceptors (Lipinski definition) is 5. The Bertz CT molecular complexity index is 1120. The van der Waals surface area contributed by atoms with Crippen molar-refractivity contribution in [2.75, 3.05) is 5.32 Å². The van der Waals surface area contributed by atoms with E-state index in [2.05, 4.69) is 33.1 Å². The van der Waals surface area contributed by atoms with Gasteiger partial charge in [0.15, 0.2) is 11.6 Å². The molecule has 0 amide bonds. The maximum atomic E-state index is 4.85. The molecule has 1 aliphatic heterocycles. The van der Waals surface area contributed by atoms with Gasteiger partial charge in [0.1, 0.15) is 11.6 Å². The van der Waals surface area contributed by atoms with Crippen LogP contribution in [0.1, 0.15) is 37.5 Å². The van der Waals surface area contributed by atoms with Crippen LogP contribution in [0.3, 0.4) is 0 Å². The van der Waals surface area contributed by atoms with Crippen LogP contribution in [0.5, 0.6) is 0 Å². The zero-order valence-electron chi connectivity index (χ0n) is 15.8. The molecular formula is C22H22N6. The Morgan fingerprint density at radius 3 is 2.64 bits per heavy atom. The summed E-state index contributed by atoms with van der Waals surface area (Å²) in [7, 11) is 0. The van der Waals surface area contributed by atoms with E-state index in [9.17, 15) is 0 Å². The van der Waals surface area contributed by atoms with Crippen LogP contribution in [0.4, 0.5) is 5.82 Å². The van der Waals surface area contributed by atoms with Crippen molar-refractivity contribution in [2.24, 2.45) is 0 Å². The van der Waals surface area contributed by atoms with Crippen molar-refractivity contribution in [2.45, 2.75) is 38.8 Å². The van der Waals surface area contributed by atoms with Crippen LogP contribution in [0.15, 0.2) is 54.6 Å². The molecule has 2 aromatic carbocycles. The van der Waals surface area contributed by atoms with Crippen molar-refractivity contribution >= 4 is 16.7 Å². The molecule has 2 aromatic heterocycles. The molecular weight excluding hydrogens is 348 g/mol. The van der Waals surface area contributed by atoms with Crippen LogP contribution in [-0.4, -0.2) is 24.7 Å². The summed E-state index contributed by atoms with van der Waals surface area (Å²) in [4.78, 5) is 9.62. The number of nitrogens with one attached hydrogen (secondary N) is 1. The van der Waals surface area contributed by atoms with Crippen molar-refractivity contribution < 1.29 is 0 Å². The van der Waals surface area contributed by atoms with Gasteiger partial charge >= 0.3 is 0 Å². The Morgan fingerprint density at radius 1 is 0.929 bits per heavy atom. The quantitative estimate of drug-likeness (QED) is 0.577. The smallest absolute Gasteiger partial charge is 0.162 e. The molecule has 0 aliphatic carbocycles. The van der Waals surface area contributed by atoms with Gasteiger partial charge in [-0.15, -0.1) is 10.2 Å². The van der Waals surface area contributed by atoms with Gasteiger partial charge in [0.25, 0.3) is 0 Å². The summed E-state index contributed by atoms with van der Waals surface area (Å²) in [6, 6.07) is 18.2. The maximum Gasteiger partial charge on any atom is 0.162 e. The summed E-state index contributed by atoms with van der Waals surface area (Å²) in [5.74, 6) is 3.61. The predicted molar refractivity (Wildman–Crippen MR) is 110 cm³/mol. The molecule has 5 rings (SSSR count). The molecule has 3 heterocycles. The van der Waals surface area contributed by atoms with Crippen LogP contribution in [0.25, 0.3) is 22.3 Å². The van der Waals surface area contributed by atoms with E-state index in [-0.39, 0.29) is 6.04 Å². The van der Waals surface area contributed by atoms with Crippen LogP contribution >= 0.6 is 0 Å². The first-order valence-corrected chi connectivity index (χ1v) is 9.80. The second-order valence-corrected chi connectivity index (χ2v) is 7.23. The highest BCUT2D eigenvalue weighted by molar-refractivity contribution is 5.90. The zero-order chi connectivity index (χ0) is 18.9. The lowest BCUT2D eigenvalue weighted by atomic mass is 10.1. The zero-order valence-corrected chi connectivity index (χ0v) is 15.8. The molecule has 6 heteroatoms. The number of benzene rings is 2. The summed E-state index contributed by atoms with van der Waals surface area (Å²) in [6.45, 7) is 3.11. The van der Waals surface area contributed by atoms with Gasteiger partial charge in [0.05, 0.1) is 11.6 Å². The minimum Gasteiger partial charge on any atom is -0.360 e. The van der Waals surface area contributed by atoms with Gasteiger partial charge in [-0.2, -0.15) is 0 Å². The number of fused-ring (bicyclic) bond motifs is 2. The third-order valence-electron chi connectivity index (χ3n) is 5.26. The Kier molecular flexibility index (Phi) is 4.24. The number of anilines is 1. The van der Waals surface area contributed by atoms with Crippen LogP contribution in [-0.2, 0) is 13.0 Å². The highest BCUT2D eigenvalue weighted by atomic mass is 15.3. The molecule has 0 radical (unpaired) electrons. The molecule has 0 bridgehead atoms. The first kappa shape index (κ1) is 16.9. The highest BCUT2D eigenvalue weighted by Gasteiger charge is 2.21. The van der Waals surface area contributed by atoms with E-state index in [1.54, 1.807) is 0 Å². The molecule has 4 aromatic rings. The molecule has 1 atom stereocenters. The third kappa shape index (κ3) is 3.01. The van der Waals surface area contributed by atoms with Gasteiger partial charge in [-0.1, -0.05) is 42.5 Å². The molecule has 140 valence electrons. The van der Waals surface area contributed by atoms with Crippen molar-refractivity contribution in [1.82, 2.24) is 24.7 Å². The standard InChI is InChI=1S/C22H22N6/c1-15(22-27-26-19-13-7-8-14-28(19)22)23-21-17-11-5-6-12-18(17)24-20(25-21)16-9-3-2-4-10-16/h2-6,9-12,15H,7-8,13-14H2,1H3,(H,23,24,25). The fourth-order valence-electron chi connectivity index (χ4n) is 3.82. The summed E-state index contributed by atoms with van der Waals surface area (Å²) in [6.07, 6.45) is 3.38. The van der Waals surface area contributed by atoms with Crippen LogP contribution < -0.4 is 5.32 Å². The first-order chi connectivity index (χ1) is 13.8. The van der Waals surface area contributed by atoms with Crippen LogP contribution in [0.2, 0.25) is 0 Å². The van der Waals surface area contributed by atoms with E-state index < -0.39 is 0 Å². The second kappa shape index (κ2) is 7.03. The highest BCUT2D eigenvalue weighted by Crippen LogP contribution is 2.28. The fourth-order valence-corrected chi connectivity index (χ4v) is 3.82. The van der Waals surface area contributed by atoms with Gasteiger partial charge in [0, 0.05) is 23.9 Å². The van der Waals surface area contributed by atoms with Gasteiger partial charge in [-0.25, -0.2) is 9.97 Å². The van der Waals surface area contributed by atoms with E-state index >= 15 is 0 Å². The van der Waals surface area contributed by atoms with Gasteiger partial charge < -0.3 is 9.88 Å². The Labute approximate surface area is 163 Å². The number of nitrogens with zero attached hydrogens (tertiary/aromatic N) is 5. The van der Waals surface area contributed by atoms with E-state index in [4.69, 9.17) is 9.97 Å². The van der Waals surface area contributed by atoms with E-state index in [0.29, 0.717) is 0 Å². The Balaban J connectivity index is 1.55. The monoisotopic (exact) mass is 370 g/mol. The van der Waals surface area contributed by atoms with Gasteiger partial charge in [0.2, 0.25) is 0 Å². The minimum atomic E-state index is 0.00118. The normalized spacial score (nSPS) is 14.6. The molecule has 0 saturated carbocycles. The van der Waals surface area contributed by atoms with E-state index in [1.807, 2.05) is 48.5 Å². The first-order valence-electron chi connectivity index (χ1n) is 9.80. The van der Waals surface area contributed by atoms with Gasteiger partial charge in [-0.3, -0.25) is 0 Å². The summed E-state index contributed by atoms with van der Waals surface area (Å²) < 4.78 is 2.25. The van der Waals surface area contributed by atoms with Crippen LogP contribution in [0, 0.1) is 0 Å². The molecule has 1 aliphatic rings. The number of para-hydroxylation sites is 1. The van der Waals surface area contributed by atoms with Crippen molar-refractivity contribution in [1.29, 1.82) is 0 Å². The number of aromatic nitrogens is 5. The lowest BCUT2D eigenvalue weighted by molar-refractivity contribution is 0.500. The SMILES string of the molecule is CC(Nc1nc(-c2ccccc2)nc2ccccc12)c1nnc2n1CCCC2. The van der Waals surface area contributed by atoms with Gasteiger partial charge in [-0.05, 0) is 31.9 Å². The molecule has 6 nitrogen and oxygen atoms in total. The van der Waals surface area contributed by atoms with Crippen molar-refractivity contribution in [3.8, 4) is 11.4 Å². The molecule has 0 spiro atoms. The lowest BCUT2D eigenvalue weighted by Crippen LogP contribution is -2.18. The fraction of sp³-hybridized carbons (Fsp3) is 0.273. The Hall–Kier alpha value is -3.28. The number of rotatable bonds is 4. The number of hydrogen-bond donors (Lipinski definition) is 1. The average Bonchev–Trinajstić information content (AvgIpc) is 3.18. The Morgan fingerprint density at radius 2 is 1.75 bits per heavy atom. The third-order valence-corrected chi connectivity index (χ3v) is 5.26. The second-order valence-electron chi connectivity index (χ2n) is 7.23. The van der Waals surface area contributed by atoms with Crippen molar-refractivity contribution in [3.05, 3.63) is 66.2 Å². The predicted octanol–water partition coefficient (Wildman–Crippen LogP) is 4.40. The van der Waals surface area contributed by atoms with Crippen molar-refractivity contribution in [3.63, 3.8) is 0 Å². The molecule has 1 N–H and O–H groups in total. The lowest BCUT2D eigenvalue weighted by Gasteiger charge is -2.20. The average molecular weight is 370 g/mol. The molecule has 1 unspecified atom stereocenters. The molecule has 0 saturated heterocycles. The van der Waals surface area contributed by atoms with E-state index in [0.717, 1.165) is 52.7 Å². The number of aryl methyl sites for hydroxylation is 1. The summed E-state index contributed by atoms with van der Waals surface area (Å²) in [5.41, 5.74) is 1.93. The topological polar surface area (TPSA) is 68.5 Å². The largest absolute Gasteiger partial charge is 0.360 e. The molecule has 28 heavy (non-hydrogen) atoms. The van der Waals surface area contributed by atoms with E-state index in [1.165, 1.54) is 12.8 Å². The summed E-state index contributed by atoms with van der Waals surface area (Å²) >= 11 is 0. The maximum absolute atomic E-state index is 4.85. The minimum absolute atomic E-state index is 0.00118. The molecule has 0 fully saturated rings. The summed E-state index contributed by atoms with van der Waals surface area (Å²) in [5, 5.41) is 13.4.